The third kappa shape index (κ3) is 5.86. The lowest BCUT2D eigenvalue weighted by molar-refractivity contribution is -0.143. The summed E-state index contributed by atoms with van der Waals surface area (Å²) in [6.07, 6.45) is 2.48. The summed E-state index contributed by atoms with van der Waals surface area (Å²) in [5, 5.41) is 0. The van der Waals surface area contributed by atoms with Crippen LogP contribution in [0.15, 0.2) is 16.6 Å². The molecule has 0 atom stereocenters. The summed E-state index contributed by atoms with van der Waals surface area (Å²) in [7, 11) is 0. The first kappa shape index (κ1) is 16.9. The maximum Gasteiger partial charge on any atom is 0.305 e. The second-order valence-corrected chi connectivity index (χ2v) is 5.08. The highest BCUT2D eigenvalue weighted by Crippen LogP contribution is 2.25. The van der Waals surface area contributed by atoms with Crippen molar-refractivity contribution in [2.45, 2.75) is 32.6 Å². The molecule has 0 spiro atoms. The van der Waals surface area contributed by atoms with Gasteiger partial charge in [0.1, 0.15) is 0 Å². The molecule has 0 saturated carbocycles. The molecular formula is C14H17BrF2O3. The van der Waals surface area contributed by atoms with Crippen molar-refractivity contribution in [3.63, 3.8) is 0 Å². The van der Waals surface area contributed by atoms with Gasteiger partial charge in [-0.15, -0.1) is 0 Å². The molecule has 0 heterocycles. The van der Waals surface area contributed by atoms with E-state index in [1.54, 1.807) is 6.92 Å². The minimum atomic E-state index is -0.986. The molecule has 1 aromatic carbocycles. The van der Waals surface area contributed by atoms with Gasteiger partial charge in [-0.3, -0.25) is 4.79 Å². The van der Waals surface area contributed by atoms with Crippen LogP contribution in [0.2, 0.25) is 0 Å². The maximum atomic E-state index is 13.4. The molecule has 20 heavy (non-hydrogen) atoms. The fraction of sp³-hybridized carbons (Fsp3) is 0.500. The fourth-order valence-corrected chi connectivity index (χ4v) is 2.01. The Morgan fingerprint density at radius 2 is 2.00 bits per heavy atom. The highest BCUT2D eigenvalue weighted by atomic mass is 79.9. The van der Waals surface area contributed by atoms with Crippen molar-refractivity contribution >= 4 is 21.9 Å². The number of hydrogen-bond acceptors (Lipinski definition) is 3. The van der Waals surface area contributed by atoms with Crippen LogP contribution in [-0.2, 0) is 9.53 Å². The number of carbonyl (C=O) groups excluding carboxylic acids is 1. The molecule has 0 unspecified atom stereocenters. The molecular weight excluding hydrogens is 334 g/mol. The Morgan fingerprint density at radius 3 is 2.70 bits per heavy atom. The van der Waals surface area contributed by atoms with E-state index >= 15 is 0 Å². The topological polar surface area (TPSA) is 35.5 Å². The van der Waals surface area contributed by atoms with E-state index in [-0.39, 0.29) is 18.3 Å². The Balaban J connectivity index is 2.23. The maximum absolute atomic E-state index is 13.4. The summed E-state index contributed by atoms with van der Waals surface area (Å²) >= 11 is 3.07. The van der Waals surface area contributed by atoms with Gasteiger partial charge in [-0.1, -0.05) is 15.9 Å². The molecule has 0 N–H and O–H groups in total. The third-order valence-corrected chi connectivity index (χ3v) is 3.01. The lowest BCUT2D eigenvalue weighted by atomic mass is 10.2. The second kappa shape index (κ2) is 8.89. The van der Waals surface area contributed by atoms with E-state index in [2.05, 4.69) is 15.9 Å². The largest absolute Gasteiger partial charge is 0.490 e. The van der Waals surface area contributed by atoms with Gasteiger partial charge in [0.05, 0.1) is 13.2 Å². The van der Waals surface area contributed by atoms with Crippen LogP contribution in [0.4, 0.5) is 8.78 Å². The predicted molar refractivity (Wildman–Crippen MR) is 74.7 cm³/mol. The zero-order chi connectivity index (χ0) is 15.0. The summed E-state index contributed by atoms with van der Waals surface area (Å²) in [5.41, 5.74) is 0. The van der Waals surface area contributed by atoms with Gasteiger partial charge in [-0.25, -0.2) is 4.39 Å². The molecule has 0 aromatic heterocycles. The molecule has 0 bridgehead atoms. The van der Waals surface area contributed by atoms with Crippen LogP contribution >= 0.6 is 15.9 Å². The monoisotopic (exact) mass is 350 g/mol. The number of ether oxygens (including phenoxy) is 2. The van der Waals surface area contributed by atoms with Crippen molar-refractivity contribution in [1.29, 1.82) is 0 Å². The minimum Gasteiger partial charge on any atom is -0.490 e. The van der Waals surface area contributed by atoms with Gasteiger partial charge < -0.3 is 9.47 Å². The molecule has 6 heteroatoms. The zero-order valence-corrected chi connectivity index (χ0v) is 12.8. The van der Waals surface area contributed by atoms with Gasteiger partial charge in [-0.05, 0) is 38.3 Å². The molecule has 0 aliphatic carbocycles. The third-order valence-electron chi connectivity index (χ3n) is 2.55. The van der Waals surface area contributed by atoms with E-state index in [1.807, 2.05) is 0 Å². The van der Waals surface area contributed by atoms with Crippen LogP contribution in [0, 0.1) is 11.6 Å². The summed E-state index contributed by atoms with van der Waals surface area (Å²) < 4.78 is 36.9. The average Bonchev–Trinajstić information content (AvgIpc) is 2.39. The summed E-state index contributed by atoms with van der Waals surface area (Å²) in [5.74, 6) is -2.26. The molecule has 0 amide bonds. The number of hydrogen-bond donors (Lipinski definition) is 0. The van der Waals surface area contributed by atoms with Crippen molar-refractivity contribution < 1.29 is 23.0 Å². The number of rotatable bonds is 8. The molecule has 3 nitrogen and oxygen atoms in total. The van der Waals surface area contributed by atoms with Gasteiger partial charge in [0.2, 0.25) is 5.82 Å². The average molecular weight is 351 g/mol. The smallest absolute Gasteiger partial charge is 0.305 e. The molecule has 0 fully saturated rings. The number of unbranched alkanes of at least 4 members (excludes halogenated alkanes) is 2. The molecule has 0 aliphatic heterocycles. The van der Waals surface area contributed by atoms with E-state index in [1.165, 1.54) is 6.07 Å². The quantitative estimate of drug-likeness (QED) is 0.399. The van der Waals surface area contributed by atoms with Crippen molar-refractivity contribution in [2.24, 2.45) is 0 Å². The van der Waals surface area contributed by atoms with Crippen LogP contribution in [0.1, 0.15) is 32.6 Å². The fourth-order valence-electron chi connectivity index (χ4n) is 1.60. The molecule has 0 saturated heterocycles. The second-order valence-electron chi connectivity index (χ2n) is 4.16. The first-order valence-corrected chi connectivity index (χ1v) is 7.27. The lowest BCUT2D eigenvalue weighted by Gasteiger charge is -2.08. The van der Waals surface area contributed by atoms with Crippen molar-refractivity contribution in [2.75, 3.05) is 13.2 Å². The SMILES string of the molecule is CCOC(=O)CCCCCOc1cc(Br)cc(F)c1F. The highest BCUT2D eigenvalue weighted by Gasteiger charge is 2.11. The Kier molecular flexibility index (Phi) is 7.51. The van der Waals surface area contributed by atoms with Crippen molar-refractivity contribution in [1.82, 2.24) is 0 Å². The normalized spacial score (nSPS) is 10.4. The number of carbonyl (C=O) groups is 1. The van der Waals surface area contributed by atoms with Gasteiger partial charge >= 0.3 is 5.97 Å². The molecule has 1 rings (SSSR count). The highest BCUT2D eigenvalue weighted by molar-refractivity contribution is 9.10. The van der Waals surface area contributed by atoms with E-state index in [9.17, 15) is 13.6 Å². The van der Waals surface area contributed by atoms with Gasteiger partial charge in [0.15, 0.2) is 11.6 Å². The molecule has 112 valence electrons. The zero-order valence-electron chi connectivity index (χ0n) is 11.3. The first-order chi connectivity index (χ1) is 9.54. The number of benzene rings is 1. The summed E-state index contributed by atoms with van der Waals surface area (Å²) in [6, 6.07) is 2.43. The lowest BCUT2D eigenvalue weighted by Crippen LogP contribution is -2.04. The van der Waals surface area contributed by atoms with Crippen LogP contribution in [0.25, 0.3) is 0 Å². The van der Waals surface area contributed by atoms with Gasteiger partial charge in [0, 0.05) is 10.9 Å². The summed E-state index contributed by atoms with van der Waals surface area (Å²) in [6.45, 7) is 2.42. The minimum absolute atomic E-state index is 0.109. The van der Waals surface area contributed by atoms with E-state index < -0.39 is 11.6 Å². The van der Waals surface area contributed by atoms with Crippen LogP contribution in [0.3, 0.4) is 0 Å². The predicted octanol–water partition coefficient (Wildman–Crippen LogP) is 4.23. The molecule has 0 radical (unpaired) electrons. The Hall–Kier alpha value is -1.17. The van der Waals surface area contributed by atoms with E-state index in [4.69, 9.17) is 9.47 Å². The first-order valence-electron chi connectivity index (χ1n) is 6.47. The van der Waals surface area contributed by atoms with Crippen molar-refractivity contribution in [3.8, 4) is 5.75 Å². The van der Waals surface area contributed by atoms with E-state index in [0.717, 1.165) is 12.5 Å². The standard InChI is InChI=1S/C14H17BrF2O3/c1-2-19-13(18)6-4-3-5-7-20-12-9-10(15)8-11(16)14(12)17/h8-9H,2-7H2,1H3. The molecule has 1 aromatic rings. The Bertz CT molecular complexity index is 452. The summed E-state index contributed by atoms with van der Waals surface area (Å²) in [4.78, 5) is 11.1. The Morgan fingerprint density at radius 1 is 1.25 bits per heavy atom. The Labute approximate surface area is 125 Å². The van der Waals surface area contributed by atoms with Gasteiger partial charge in [0.25, 0.3) is 0 Å². The number of esters is 1. The van der Waals surface area contributed by atoms with Crippen molar-refractivity contribution in [3.05, 3.63) is 28.2 Å². The van der Waals surface area contributed by atoms with Crippen LogP contribution < -0.4 is 4.74 Å². The molecule has 0 aliphatic rings. The van der Waals surface area contributed by atoms with E-state index in [0.29, 0.717) is 30.3 Å². The van der Waals surface area contributed by atoms with Crippen LogP contribution in [-0.4, -0.2) is 19.2 Å². The number of halogens is 3. The van der Waals surface area contributed by atoms with Gasteiger partial charge in [-0.2, -0.15) is 4.39 Å². The van der Waals surface area contributed by atoms with Crippen LogP contribution in [0.5, 0.6) is 5.75 Å².